The summed E-state index contributed by atoms with van der Waals surface area (Å²) >= 11 is 0. The highest BCUT2D eigenvalue weighted by molar-refractivity contribution is 6.74. The molecule has 0 radical (unpaired) electrons. The second-order valence-electron chi connectivity index (χ2n) is 7.02. The zero-order chi connectivity index (χ0) is 15.7. The van der Waals surface area contributed by atoms with Gasteiger partial charge >= 0.3 is 5.97 Å². The molecule has 0 aromatic heterocycles. The normalized spacial score (nSPS) is 32.0. The van der Waals surface area contributed by atoms with Crippen molar-refractivity contribution < 1.29 is 23.8 Å². The SMILES string of the molecule is CC(=O)O[C@H]1[C@H](C)O[C@@H](O)C[C@@H]1O[Si](C)(C)C(C)(C)C. The Morgan fingerprint density at radius 3 is 2.35 bits per heavy atom. The molecule has 118 valence electrons. The summed E-state index contributed by atoms with van der Waals surface area (Å²) in [4.78, 5) is 11.3. The van der Waals surface area contributed by atoms with E-state index in [1.807, 2.05) is 0 Å². The van der Waals surface area contributed by atoms with E-state index < -0.39 is 20.7 Å². The summed E-state index contributed by atoms with van der Waals surface area (Å²) < 4.78 is 17.0. The van der Waals surface area contributed by atoms with E-state index in [1.165, 1.54) is 6.92 Å². The molecular formula is C14H28O5Si. The number of carbonyl (C=O) groups is 1. The van der Waals surface area contributed by atoms with Gasteiger partial charge in [-0.2, -0.15) is 0 Å². The van der Waals surface area contributed by atoms with Crippen LogP contribution in [0.2, 0.25) is 18.1 Å². The highest BCUT2D eigenvalue weighted by Gasteiger charge is 2.45. The average molecular weight is 304 g/mol. The number of hydrogen-bond acceptors (Lipinski definition) is 5. The van der Waals surface area contributed by atoms with Crippen LogP contribution < -0.4 is 0 Å². The lowest BCUT2D eigenvalue weighted by molar-refractivity contribution is -0.233. The first-order chi connectivity index (χ1) is 8.94. The largest absolute Gasteiger partial charge is 0.457 e. The Labute approximate surface area is 122 Å². The zero-order valence-electron chi connectivity index (χ0n) is 13.6. The van der Waals surface area contributed by atoms with Gasteiger partial charge in [0, 0.05) is 13.3 Å². The minimum absolute atomic E-state index is 0.0558. The molecule has 0 saturated carbocycles. The smallest absolute Gasteiger partial charge is 0.303 e. The van der Waals surface area contributed by atoms with Crippen molar-refractivity contribution in [2.75, 3.05) is 0 Å². The van der Waals surface area contributed by atoms with Gasteiger partial charge in [0.1, 0.15) is 0 Å². The van der Waals surface area contributed by atoms with Crippen molar-refractivity contribution in [3.8, 4) is 0 Å². The van der Waals surface area contributed by atoms with Crippen LogP contribution in [-0.2, 0) is 18.7 Å². The van der Waals surface area contributed by atoms with Crippen LogP contribution in [0.3, 0.4) is 0 Å². The van der Waals surface area contributed by atoms with Gasteiger partial charge in [0.25, 0.3) is 0 Å². The summed E-state index contributed by atoms with van der Waals surface area (Å²) in [5.41, 5.74) is 0. The third-order valence-electron chi connectivity index (χ3n) is 4.19. The van der Waals surface area contributed by atoms with Crippen molar-refractivity contribution in [1.82, 2.24) is 0 Å². The summed E-state index contributed by atoms with van der Waals surface area (Å²) in [5.74, 6) is -0.356. The molecule has 1 heterocycles. The van der Waals surface area contributed by atoms with Crippen LogP contribution in [0.5, 0.6) is 0 Å². The molecule has 1 aliphatic heterocycles. The van der Waals surface area contributed by atoms with Crippen molar-refractivity contribution in [2.24, 2.45) is 0 Å². The third-order valence-corrected chi connectivity index (χ3v) is 8.69. The molecule has 0 spiro atoms. The topological polar surface area (TPSA) is 65.0 Å². The van der Waals surface area contributed by atoms with Gasteiger partial charge in [-0.05, 0) is 25.1 Å². The second kappa shape index (κ2) is 6.13. The summed E-state index contributed by atoms with van der Waals surface area (Å²) in [6, 6.07) is 0. The molecule has 0 aliphatic carbocycles. The maximum atomic E-state index is 11.3. The van der Waals surface area contributed by atoms with Crippen LogP contribution in [0.1, 0.15) is 41.0 Å². The molecular weight excluding hydrogens is 276 g/mol. The van der Waals surface area contributed by atoms with Crippen LogP contribution in [0.15, 0.2) is 0 Å². The van der Waals surface area contributed by atoms with Gasteiger partial charge in [-0.15, -0.1) is 0 Å². The molecule has 0 bridgehead atoms. The lowest BCUT2D eigenvalue weighted by Gasteiger charge is -2.45. The van der Waals surface area contributed by atoms with Crippen LogP contribution in [0.4, 0.5) is 0 Å². The first-order valence-electron chi connectivity index (χ1n) is 7.12. The van der Waals surface area contributed by atoms with Gasteiger partial charge < -0.3 is 19.0 Å². The van der Waals surface area contributed by atoms with Gasteiger partial charge in [-0.3, -0.25) is 4.79 Å². The number of esters is 1. The van der Waals surface area contributed by atoms with Gasteiger partial charge in [0.2, 0.25) is 0 Å². The lowest BCUT2D eigenvalue weighted by atomic mass is 10.0. The summed E-state index contributed by atoms with van der Waals surface area (Å²) in [7, 11) is -2.00. The van der Waals surface area contributed by atoms with Crippen LogP contribution in [0, 0.1) is 0 Å². The molecule has 0 aromatic carbocycles. The standard InChI is InChI=1S/C14H28O5Si/c1-9-13(18-10(2)15)11(8-12(16)17-9)19-20(6,7)14(3,4)5/h9,11-13,16H,8H2,1-7H3/t9-,11-,12+,13-/m0/s1. The lowest BCUT2D eigenvalue weighted by Crippen LogP contribution is -2.55. The van der Waals surface area contributed by atoms with E-state index in [9.17, 15) is 9.90 Å². The molecule has 20 heavy (non-hydrogen) atoms. The molecule has 1 saturated heterocycles. The van der Waals surface area contributed by atoms with E-state index in [0.717, 1.165) is 0 Å². The van der Waals surface area contributed by atoms with E-state index in [1.54, 1.807) is 6.92 Å². The molecule has 1 fully saturated rings. The minimum atomic E-state index is -2.00. The van der Waals surface area contributed by atoms with Gasteiger partial charge in [-0.1, -0.05) is 20.8 Å². The van der Waals surface area contributed by atoms with Crippen LogP contribution >= 0.6 is 0 Å². The highest BCUT2D eigenvalue weighted by atomic mass is 28.4. The van der Waals surface area contributed by atoms with Gasteiger partial charge in [-0.25, -0.2) is 0 Å². The Morgan fingerprint density at radius 1 is 1.35 bits per heavy atom. The fraction of sp³-hybridized carbons (Fsp3) is 0.929. The first-order valence-corrected chi connectivity index (χ1v) is 10.0. The van der Waals surface area contributed by atoms with Gasteiger partial charge in [0.05, 0.1) is 12.2 Å². The maximum absolute atomic E-state index is 11.3. The van der Waals surface area contributed by atoms with Crippen molar-refractivity contribution >= 4 is 14.3 Å². The monoisotopic (exact) mass is 304 g/mol. The van der Waals surface area contributed by atoms with Crippen molar-refractivity contribution in [2.45, 2.75) is 83.8 Å². The summed E-state index contributed by atoms with van der Waals surface area (Å²) in [5, 5.41) is 9.83. The maximum Gasteiger partial charge on any atom is 0.303 e. The number of aliphatic hydroxyl groups excluding tert-OH is 1. The van der Waals surface area contributed by atoms with E-state index in [0.29, 0.717) is 6.42 Å². The predicted octanol–water partition coefficient (Wildman–Crippen LogP) is 2.44. The number of hydrogen-bond donors (Lipinski definition) is 1. The Bertz CT molecular complexity index is 350. The molecule has 5 nitrogen and oxygen atoms in total. The summed E-state index contributed by atoms with van der Waals surface area (Å²) in [6.07, 6.45) is -1.71. The molecule has 0 amide bonds. The van der Waals surface area contributed by atoms with Crippen LogP contribution in [0.25, 0.3) is 0 Å². The summed E-state index contributed by atoms with van der Waals surface area (Å²) in [6.45, 7) is 13.9. The molecule has 0 unspecified atom stereocenters. The average Bonchev–Trinajstić information content (AvgIpc) is 2.20. The Morgan fingerprint density at radius 2 is 1.90 bits per heavy atom. The second-order valence-corrected chi connectivity index (χ2v) is 11.8. The number of ether oxygens (including phenoxy) is 2. The molecule has 1 aliphatic rings. The van der Waals surface area contributed by atoms with Crippen molar-refractivity contribution in [3.63, 3.8) is 0 Å². The molecule has 1 rings (SSSR count). The molecule has 0 aromatic rings. The molecule has 6 heteroatoms. The number of carbonyl (C=O) groups excluding carboxylic acids is 1. The fourth-order valence-electron chi connectivity index (χ4n) is 2.05. The van der Waals surface area contributed by atoms with E-state index >= 15 is 0 Å². The Hall–Kier alpha value is -0.433. The fourth-order valence-corrected chi connectivity index (χ4v) is 3.39. The number of rotatable bonds is 3. The van der Waals surface area contributed by atoms with E-state index in [-0.39, 0.29) is 23.2 Å². The predicted molar refractivity (Wildman–Crippen MR) is 78.8 cm³/mol. The zero-order valence-corrected chi connectivity index (χ0v) is 14.6. The molecule has 4 atom stereocenters. The van der Waals surface area contributed by atoms with Crippen molar-refractivity contribution in [3.05, 3.63) is 0 Å². The molecule has 1 N–H and O–H groups in total. The number of aliphatic hydroxyl groups is 1. The highest BCUT2D eigenvalue weighted by Crippen LogP contribution is 2.39. The van der Waals surface area contributed by atoms with Crippen molar-refractivity contribution in [1.29, 1.82) is 0 Å². The first kappa shape index (κ1) is 17.6. The minimum Gasteiger partial charge on any atom is -0.457 e. The Balaban J connectivity index is 2.89. The van der Waals surface area contributed by atoms with E-state index in [4.69, 9.17) is 13.9 Å². The van der Waals surface area contributed by atoms with Crippen LogP contribution in [-0.4, -0.2) is 44.0 Å². The quantitative estimate of drug-likeness (QED) is 0.641. The van der Waals surface area contributed by atoms with Gasteiger partial charge in [0.15, 0.2) is 20.7 Å². The van der Waals surface area contributed by atoms with E-state index in [2.05, 4.69) is 33.9 Å². The Kier molecular flexibility index (Phi) is 5.40. The third kappa shape index (κ3) is 4.28.